The van der Waals surface area contributed by atoms with Crippen LogP contribution in [0, 0.1) is 10.8 Å². The van der Waals surface area contributed by atoms with Crippen molar-refractivity contribution in [1.29, 1.82) is 5.41 Å². The first-order valence-electron chi connectivity index (χ1n) is 12.2. The summed E-state index contributed by atoms with van der Waals surface area (Å²) in [5.74, 6) is -0.513. The number of carbonyl (C=O) groups is 2. The first-order valence-corrected chi connectivity index (χ1v) is 12.2. The molecule has 1 heterocycles. The van der Waals surface area contributed by atoms with Crippen molar-refractivity contribution in [3.63, 3.8) is 0 Å². The zero-order chi connectivity index (χ0) is 26.1. The first kappa shape index (κ1) is 25.9. The molecule has 4 rings (SSSR count). The number of allylic oxidation sites excluding steroid dienone is 4. The van der Waals surface area contributed by atoms with Crippen LogP contribution >= 0.6 is 0 Å². The van der Waals surface area contributed by atoms with Crippen LogP contribution in [0.1, 0.15) is 39.2 Å². The number of fused-ring (bicyclic) bond motifs is 1. The fourth-order valence-corrected chi connectivity index (χ4v) is 5.50. The van der Waals surface area contributed by atoms with Gasteiger partial charge in [0.2, 0.25) is 0 Å². The van der Waals surface area contributed by atoms with E-state index in [9.17, 15) is 9.59 Å². The lowest BCUT2D eigenvalue weighted by atomic mass is 9.80. The quantitative estimate of drug-likeness (QED) is 0.466. The van der Waals surface area contributed by atoms with E-state index in [0.29, 0.717) is 25.3 Å². The van der Waals surface area contributed by atoms with E-state index in [4.69, 9.17) is 19.6 Å². The lowest BCUT2D eigenvalue weighted by Crippen LogP contribution is -2.71. The number of hydrogen-bond acceptors (Lipinski definition) is 6. The van der Waals surface area contributed by atoms with Crippen molar-refractivity contribution in [2.45, 2.75) is 44.6 Å². The van der Waals surface area contributed by atoms with E-state index in [1.54, 1.807) is 25.3 Å². The zero-order valence-electron chi connectivity index (χ0n) is 21.7. The Kier molecular flexibility index (Phi) is 6.94. The molecule has 8 nitrogen and oxygen atoms in total. The van der Waals surface area contributed by atoms with Crippen LogP contribution in [0.25, 0.3) is 0 Å². The highest BCUT2D eigenvalue weighted by molar-refractivity contribution is 6.27. The molecule has 1 aromatic rings. The Morgan fingerprint density at radius 3 is 2.56 bits per heavy atom. The second-order valence-corrected chi connectivity index (χ2v) is 10.8. The molecular formula is C28H36N3O5+. The van der Waals surface area contributed by atoms with Gasteiger partial charge in [0.1, 0.15) is 17.5 Å². The molecule has 1 aliphatic heterocycles. The van der Waals surface area contributed by atoms with E-state index in [-0.39, 0.29) is 28.2 Å². The topological polar surface area (TPSA) is 106 Å². The Morgan fingerprint density at radius 2 is 1.92 bits per heavy atom. The molecule has 1 saturated carbocycles. The zero-order valence-corrected chi connectivity index (χ0v) is 21.7. The van der Waals surface area contributed by atoms with Gasteiger partial charge in [0.25, 0.3) is 0 Å². The Labute approximate surface area is 212 Å². The van der Waals surface area contributed by atoms with Crippen molar-refractivity contribution in [3.8, 4) is 0 Å². The monoisotopic (exact) mass is 494 g/mol. The van der Waals surface area contributed by atoms with E-state index in [2.05, 4.69) is 24.3 Å². The lowest BCUT2D eigenvalue weighted by molar-refractivity contribution is -0.496. The maximum Gasteiger partial charge on any atom is 0.410 e. The summed E-state index contributed by atoms with van der Waals surface area (Å²) in [7, 11) is 3.03. The highest BCUT2D eigenvalue weighted by atomic mass is 16.6. The van der Waals surface area contributed by atoms with Crippen molar-refractivity contribution >= 4 is 23.5 Å². The minimum atomic E-state index is -0.520. The molecule has 1 amide bonds. The van der Waals surface area contributed by atoms with Gasteiger partial charge in [0.05, 0.1) is 30.6 Å². The number of esters is 1. The van der Waals surface area contributed by atoms with Crippen LogP contribution in [0.5, 0.6) is 0 Å². The number of nitrogens with zero attached hydrogens (tertiary/aromatic N) is 1. The van der Waals surface area contributed by atoms with Crippen molar-refractivity contribution in [1.82, 2.24) is 4.90 Å². The Bertz CT molecular complexity index is 1140. The van der Waals surface area contributed by atoms with Gasteiger partial charge in [-0.3, -0.25) is 10.7 Å². The number of nitrogens with one attached hydrogen (secondary N) is 1. The molecule has 0 aromatic heterocycles. The number of quaternary nitrogens is 1. The highest BCUT2D eigenvalue weighted by Crippen LogP contribution is 2.68. The summed E-state index contributed by atoms with van der Waals surface area (Å²) >= 11 is 0. The first-order chi connectivity index (χ1) is 17.0. The van der Waals surface area contributed by atoms with Crippen LogP contribution in [0.15, 0.2) is 59.8 Å². The van der Waals surface area contributed by atoms with E-state index < -0.39 is 11.6 Å². The van der Waals surface area contributed by atoms with Crippen LogP contribution in [0.3, 0.4) is 0 Å². The molecule has 1 aromatic carbocycles. The van der Waals surface area contributed by atoms with Crippen molar-refractivity contribution in [2.75, 3.05) is 33.9 Å². The van der Waals surface area contributed by atoms with E-state index >= 15 is 0 Å². The molecule has 2 atom stereocenters. The second kappa shape index (κ2) is 9.67. The molecule has 2 unspecified atom stereocenters. The minimum absolute atomic E-state index is 0.00698. The molecule has 0 spiro atoms. The number of carbonyl (C=O) groups excluding carboxylic acids is 2. The van der Waals surface area contributed by atoms with Crippen molar-refractivity contribution < 1.29 is 29.1 Å². The van der Waals surface area contributed by atoms with E-state index in [0.717, 1.165) is 18.5 Å². The predicted octanol–water partition coefficient (Wildman–Crippen LogP) is 3.37. The fraction of sp³-hybridized carbons (Fsp3) is 0.464. The largest absolute Gasteiger partial charge is 0.465 e. The number of hydrogen-bond donors (Lipinski definition) is 2. The number of nitrogens with two attached hydrogens (primary N) is 1. The summed E-state index contributed by atoms with van der Waals surface area (Å²) in [6.45, 7) is 7.54. The smallest absolute Gasteiger partial charge is 0.410 e. The molecule has 2 aliphatic carbocycles. The van der Waals surface area contributed by atoms with Gasteiger partial charge < -0.3 is 19.1 Å². The molecule has 3 N–H and O–H groups in total. The van der Waals surface area contributed by atoms with E-state index in [1.807, 2.05) is 37.2 Å². The molecule has 8 heteroatoms. The van der Waals surface area contributed by atoms with Crippen LogP contribution in [0.4, 0.5) is 10.5 Å². The molecule has 192 valence electrons. The number of piperidine rings is 1. The maximum atomic E-state index is 12.7. The Morgan fingerprint density at radius 1 is 1.19 bits per heavy atom. The number of methoxy groups -OCH3 is 2. The van der Waals surface area contributed by atoms with Gasteiger partial charge in [-0.05, 0) is 63.5 Å². The van der Waals surface area contributed by atoms with Gasteiger partial charge in [-0.2, -0.15) is 0 Å². The number of benzene rings is 1. The lowest BCUT2D eigenvalue weighted by Gasteiger charge is -2.38. The summed E-state index contributed by atoms with van der Waals surface area (Å²) in [6.07, 6.45) is 8.57. The molecular weight excluding hydrogens is 458 g/mol. The summed E-state index contributed by atoms with van der Waals surface area (Å²) in [5, 5.41) is 10.2. The highest BCUT2D eigenvalue weighted by Gasteiger charge is 2.70. The van der Waals surface area contributed by atoms with Crippen LogP contribution in [-0.2, 0) is 24.4 Å². The minimum Gasteiger partial charge on any atom is -0.465 e. The molecule has 1 saturated heterocycles. The summed E-state index contributed by atoms with van der Waals surface area (Å²) in [6, 6.07) is 8.47. The van der Waals surface area contributed by atoms with Gasteiger partial charge in [-0.1, -0.05) is 18.2 Å². The third kappa shape index (κ3) is 4.88. The SMILES string of the molecule is COCC12CN(C(=O)OC(C)(C)C)CCC1(c1ccc([NH2+]/C=C3/C=CC=C(C(=O)OC)C3=N)cc1)C2. The summed E-state index contributed by atoms with van der Waals surface area (Å²) in [5.41, 5.74) is 2.67. The van der Waals surface area contributed by atoms with Gasteiger partial charge in [0, 0.05) is 31.0 Å². The third-order valence-electron chi connectivity index (χ3n) is 7.33. The fourth-order valence-electron chi connectivity index (χ4n) is 5.50. The average molecular weight is 495 g/mol. The van der Waals surface area contributed by atoms with Crippen LogP contribution in [0.2, 0.25) is 0 Å². The van der Waals surface area contributed by atoms with Crippen molar-refractivity contribution in [3.05, 3.63) is 65.4 Å². The summed E-state index contributed by atoms with van der Waals surface area (Å²) in [4.78, 5) is 26.4. The Balaban J connectivity index is 1.45. The van der Waals surface area contributed by atoms with Crippen molar-refractivity contribution in [2.24, 2.45) is 5.41 Å². The van der Waals surface area contributed by atoms with E-state index in [1.165, 1.54) is 12.7 Å². The van der Waals surface area contributed by atoms with Crippen LogP contribution in [-0.4, -0.2) is 62.2 Å². The van der Waals surface area contributed by atoms with Crippen LogP contribution < -0.4 is 5.32 Å². The Hall–Kier alpha value is -3.23. The summed E-state index contributed by atoms with van der Waals surface area (Å²) < 4.78 is 16.0. The maximum absolute atomic E-state index is 12.7. The normalized spacial score (nSPS) is 26.4. The van der Waals surface area contributed by atoms with Gasteiger partial charge >= 0.3 is 12.1 Å². The standard InChI is InChI=1S/C28H35N3O5/c1-26(2,3)36-25(33)31-14-13-28(16-27(28,17-31)18-34-4)20-9-11-21(12-10-20)30-15-19-7-6-8-22(23(19)29)24(32)35-5/h6-12,15,29-30H,13-14,16-18H2,1-5H3/p+1/b19-15-,29-23?. The molecule has 0 radical (unpaired) electrons. The molecule has 3 aliphatic rings. The van der Waals surface area contributed by atoms with Gasteiger partial charge in [-0.25, -0.2) is 9.59 Å². The number of likely N-dealkylation sites (tertiary alicyclic amines) is 1. The number of ether oxygens (including phenoxy) is 3. The molecule has 36 heavy (non-hydrogen) atoms. The second-order valence-electron chi connectivity index (χ2n) is 10.8. The number of amides is 1. The average Bonchev–Trinajstić information content (AvgIpc) is 3.51. The van der Waals surface area contributed by atoms with Gasteiger partial charge in [-0.15, -0.1) is 0 Å². The van der Waals surface area contributed by atoms with Gasteiger partial charge in [0.15, 0.2) is 0 Å². The molecule has 0 bridgehead atoms. The predicted molar refractivity (Wildman–Crippen MR) is 136 cm³/mol. The number of rotatable bonds is 6. The molecule has 2 fully saturated rings. The third-order valence-corrected chi connectivity index (χ3v) is 7.33.